The molecule has 3 N–H and O–H groups in total. The second kappa shape index (κ2) is 9.53. The van der Waals surface area contributed by atoms with E-state index in [9.17, 15) is 14.4 Å². The molecule has 0 unspecified atom stereocenters. The van der Waals surface area contributed by atoms with Crippen molar-refractivity contribution in [3.63, 3.8) is 0 Å². The minimum atomic E-state index is -1.18. The number of ether oxygens (including phenoxy) is 3. The monoisotopic (exact) mass is 370 g/mol. The Morgan fingerprint density at radius 3 is 2.60 bits per heavy atom. The van der Waals surface area contributed by atoms with E-state index >= 15 is 0 Å². The first-order valence-corrected chi connectivity index (χ1v) is 7.65. The average molecular weight is 371 g/mol. The predicted molar refractivity (Wildman–Crippen MR) is 91.5 cm³/mol. The molecule has 0 aliphatic rings. The van der Waals surface area contributed by atoms with Crippen molar-refractivity contribution in [2.45, 2.75) is 20.0 Å². The summed E-state index contributed by atoms with van der Waals surface area (Å²) in [5, 5.41) is 2.13. The molecule has 25 heavy (non-hydrogen) atoms. The first-order chi connectivity index (χ1) is 11.8. The largest absolute Gasteiger partial charge is 0.491 e. The van der Waals surface area contributed by atoms with Crippen LogP contribution in [0.15, 0.2) is 18.2 Å². The number of esters is 1. The van der Waals surface area contributed by atoms with Crippen LogP contribution in [0, 0.1) is 0 Å². The fourth-order valence-corrected chi connectivity index (χ4v) is 2.10. The van der Waals surface area contributed by atoms with E-state index in [0.717, 1.165) is 6.08 Å². The summed E-state index contributed by atoms with van der Waals surface area (Å²) < 4.78 is 15.5. The Balaban J connectivity index is 2.82. The van der Waals surface area contributed by atoms with Gasteiger partial charge in [0, 0.05) is 6.08 Å². The molecular weight excluding hydrogens is 352 g/mol. The van der Waals surface area contributed by atoms with Crippen LogP contribution in [0.3, 0.4) is 0 Å². The molecule has 0 fully saturated rings. The van der Waals surface area contributed by atoms with Crippen LogP contribution >= 0.6 is 11.6 Å². The number of primary amides is 1. The smallest absolute Gasteiger partial charge is 0.331 e. The number of halogens is 1. The number of imide groups is 1. The van der Waals surface area contributed by atoms with E-state index < -0.39 is 24.0 Å². The summed E-state index contributed by atoms with van der Waals surface area (Å²) in [6, 6.07) is 2.19. The van der Waals surface area contributed by atoms with Crippen molar-refractivity contribution in [3.05, 3.63) is 28.8 Å². The van der Waals surface area contributed by atoms with Crippen molar-refractivity contribution >= 4 is 35.6 Å². The third-order valence-electron chi connectivity index (χ3n) is 2.86. The number of benzene rings is 1. The molecule has 0 heterocycles. The van der Waals surface area contributed by atoms with Crippen molar-refractivity contribution in [1.29, 1.82) is 0 Å². The van der Waals surface area contributed by atoms with Crippen LogP contribution in [0.2, 0.25) is 5.02 Å². The van der Waals surface area contributed by atoms with Crippen molar-refractivity contribution in [1.82, 2.24) is 5.32 Å². The van der Waals surface area contributed by atoms with E-state index in [-0.39, 0.29) is 0 Å². The molecule has 0 radical (unpaired) electrons. The minimum Gasteiger partial charge on any atom is -0.491 e. The van der Waals surface area contributed by atoms with Gasteiger partial charge in [-0.25, -0.2) is 9.59 Å². The summed E-state index contributed by atoms with van der Waals surface area (Å²) in [6.07, 6.45) is 1.37. The number of carbonyl (C=O) groups is 3. The standard InChI is InChI=1S/C16H19ClN2O6/c1-4-24-12-8-10(7-11(17)14(12)23-3)5-6-13(20)25-9(2)15(21)19-16(18)22/h5-9H,4H2,1-3H3,(H3,18,19,21,22)/b6-5+/t9-/m1/s1. The number of nitrogens with two attached hydrogens (primary N) is 1. The van der Waals surface area contributed by atoms with Gasteiger partial charge in [-0.05, 0) is 37.6 Å². The molecule has 3 amide bonds. The Bertz CT molecular complexity index is 689. The predicted octanol–water partition coefficient (Wildman–Crippen LogP) is 1.89. The number of urea groups is 1. The average Bonchev–Trinajstić information content (AvgIpc) is 2.52. The van der Waals surface area contributed by atoms with Crippen molar-refractivity contribution < 1.29 is 28.6 Å². The highest BCUT2D eigenvalue weighted by Gasteiger charge is 2.17. The number of nitrogens with one attached hydrogen (secondary N) is 1. The Morgan fingerprint density at radius 1 is 1.36 bits per heavy atom. The highest BCUT2D eigenvalue weighted by molar-refractivity contribution is 6.32. The van der Waals surface area contributed by atoms with Crippen LogP contribution in [0.4, 0.5) is 4.79 Å². The SMILES string of the molecule is CCOc1cc(/C=C/C(=O)O[C@H](C)C(=O)NC(N)=O)cc(Cl)c1OC. The molecule has 0 aromatic heterocycles. The van der Waals surface area contributed by atoms with Crippen molar-refractivity contribution in [2.75, 3.05) is 13.7 Å². The van der Waals surface area contributed by atoms with E-state index in [0.29, 0.717) is 28.7 Å². The van der Waals surface area contributed by atoms with Gasteiger partial charge < -0.3 is 19.9 Å². The molecule has 9 heteroatoms. The van der Waals surface area contributed by atoms with Crippen LogP contribution in [-0.2, 0) is 14.3 Å². The van der Waals surface area contributed by atoms with Crippen LogP contribution in [0.5, 0.6) is 11.5 Å². The normalized spacial score (nSPS) is 11.7. The van der Waals surface area contributed by atoms with Gasteiger partial charge in [-0.1, -0.05) is 11.6 Å². The van der Waals surface area contributed by atoms with Crippen LogP contribution < -0.4 is 20.5 Å². The fourth-order valence-electron chi connectivity index (χ4n) is 1.80. The van der Waals surface area contributed by atoms with Gasteiger partial charge in [0.05, 0.1) is 18.7 Å². The minimum absolute atomic E-state index is 0.315. The van der Waals surface area contributed by atoms with E-state index in [1.807, 2.05) is 12.2 Å². The summed E-state index contributed by atoms with van der Waals surface area (Å²) in [7, 11) is 1.47. The van der Waals surface area contributed by atoms with Gasteiger partial charge >= 0.3 is 12.0 Å². The molecule has 0 aliphatic carbocycles. The zero-order chi connectivity index (χ0) is 19.0. The Kier molecular flexibility index (Phi) is 7.74. The molecule has 8 nitrogen and oxygen atoms in total. The van der Waals surface area contributed by atoms with E-state index in [1.165, 1.54) is 20.1 Å². The zero-order valence-electron chi connectivity index (χ0n) is 14.0. The Morgan fingerprint density at radius 2 is 2.04 bits per heavy atom. The van der Waals surface area contributed by atoms with Crippen LogP contribution in [0.25, 0.3) is 6.08 Å². The second-order valence-corrected chi connectivity index (χ2v) is 5.14. The number of rotatable bonds is 7. The summed E-state index contributed by atoms with van der Waals surface area (Å²) >= 11 is 6.11. The molecule has 0 aliphatic heterocycles. The number of carbonyl (C=O) groups excluding carboxylic acids is 3. The number of hydrogen-bond acceptors (Lipinski definition) is 6. The summed E-state index contributed by atoms with van der Waals surface area (Å²) in [4.78, 5) is 33.8. The summed E-state index contributed by atoms with van der Waals surface area (Å²) in [6.45, 7) is 3.53. The van der Waals surface area contributed by atoms with Gasteiger partial charge in [-0.15, -0.1) is 0 Å². The molecule has 1 aromatic carbocycles. The molecule has 0 spiro atoms. The van der Waals surface area contributed by atoms with Crippen LogP contribution in [0.1, 0.15) is 19.4 Å². The van der Waals surface area contributed by atoms with Gasteiger partial charge in [0.15, 0.2) is 17.6 Å². The lowest BCUT2D eigenvalue weighted by molar-refractivity contribution is -0.149. The van der Waals surface area contributed by atoms with Gasteiger partial charge in [-0.2, -0.15) is 0 Å². The Hall–Kier alpha value is -2.74. The maximum Gasteiger partial charge on any atom is 0.331 e. The molecule has 1 rings (SSSR count). The molecule has 1 aromatic rings. The first-order valence-electron chi connectivity index (χ1n) is 7.27. The third kappa shape index (κ3) is 6.34. The fraction of sp³-hybridized carbons (Fsp3) is 0.312. The molecule has 0 bridgehead atoms. The number of methoxy groups -OCH3 is 1. The number of amides is 3. The van der Waals surface area contributed by atoms with E-state index in [1.54, 1.807) is 12.1 Å². The molecule has 1 atom stereocenters. The number of hydrogen-bond donors (Lipinski definition) is 2. The second-order valence-electron chi connectivity index (χ2n) is 4.73. The van der Waals surface area contributed by atoms with Gasteiger partial charge in [-0.3, -0.25) is 10.1 Å². The van der Waals surface area contributed by atoms with Gasteiger partial charge in [0.25, 0.3) is 5.91 Å². The third-order valence-corrected chi connectivity index (χ3v) is 3.14. The van der Waals surface area contributed by atoms with Crippen molar-refractivity contribution in [2.24, 2.45) is 5.73 Å². The maximum atomic E-state index is 11.7. The van der Waals surface area contributed by atoms with Gasteiger partial charge in [0.1, 0.15) is 0 Å². The molecule has 136 valence electrons. The molecule has 0 saturated carbocycles. The zero-order valence-corrected chi connectivity index (χ0v) is 14.8. The lowest BCUT2D eigenvalue weighted by atomic mass is 10.2. The van der Waals surface area contributed by atoms with Crippen molar-refractivity contribution in [3.8, 4) is 11.5 Å². The van der Waals surface area contributed by atoms with Gasteiger partial charge in [0.2, 0.25) is 0 Å². The first kappa shape index (κ1) is 20.3. The summed E-state index contributed by atoms with van der Waals surface area (Å²) in [5.74, 6) is -0.780. The molecular formula is C16H19ClN2O6. The summed E-state index contributed by atoms with van der Waals surface area (Å²) in [5.41, 5.74) is 5.38. The highest BCUT2D eigenvalue weighted by atomic mass is 35.5. The quantitative estimate of drug-likeness (QED) is 0.559. The van der Waals surface area contributed by atoms with E-state index in [2.05, 4.69) is 0 Å². The maximum absolute atomic E-state index is 11.7. The van der Waals surface area contributed by atoms with Crippen LogP contribution in [-0.4, -0.2) is 37.7 Å². The molecule has 0 saturated heterocycles. The van der Waals surface area contributed by atoms with E-state index in [4.69, 9.17) is 31.5 Å². The topological polar surface area (TPSA) is 117 Å². The lowest BCUT2D eigenvalue weighted by Gasteiger charge is -2.12. The lowest BCUT2D eigenvalue weighted by Crippen LogP contribution is -2.42. The Labute approximate surface area is 149 Å². The highest BCUT2D eigenvalue weighted by Crippen LogP contribution is 2.36.